The van der Waals surface area contributed by atoms with Crippen molar-refractivity contribution < 1.29 is 18.0 Å². The van der Waals surface area contributed by atoms with Crippen molar-refractivity contribution in [1.82, 2.24) is 19.0 Å². The molecule has 166 valence electrons. The molecule has 2 aliphatic heterocycles. The van der Waals surface area contributed by atoms with Crippen LogP contribution in [0.2, 0.25) is 5.02 Å². The molecule has 0 unspecified atom stereocenters. The number of piperidine rings is 1. The molecular formula is C20H29ClN4O4S. The number of carbonyl (C=O) groups excluding carboxylic acids is 2. The molecule has 0 atom stereocenters. The van der Waals surface area contributed by atoms with E-state index in [0.29, 0.717) is 37.7 Å². The summed E-state index contributed by atoms with van der Waals surface area (Å²) in [5.74, 6) is -0.0830. The quantitative estimate of drug-likeness (QED) is 0.640. The number of rotatable bonds is 6. The minimum Gasteiger partial charge on any atom is -0.342 e. The third-order valence-electron chi connectivity index (χ3n) is 5.67. The predicted octanol–water partition coefficient (Wildman–Crippen LogP) is 1.12. The smallest absolute Gasteiger partial charge is 0.243 e. The summed E-state index contributed by atoms with van der Waals surface area (Å²) in [4.78, 5) is 30.8. The Morgan fingerprint density at radius 3 is 2.07 bits per heavy atom. The molecule has 2 fully saturated rings. The van der Waals surface area contributed by atoms with Crippen LogP contribution in [0.1, 0.15) is 19.3 Å². The molecule has 2 heterocycles. The van der Waals surface area contributed by atoms with Crippen molar-refractivity contribution in [1.29, 1.82) is 0 Å². The van der Waals surface area contributed by atoms with Crippen LogP contribution in [-0.4, -0.2) is 98.6 Å². The number of likely N-dealkylation sites (N-methyl/N-ethyl adjacent to an activating group) is 1. The number of nitrogens with zero attached hydrogens (tertiary/aromatic N) is 4. The number of hydrogen-bond acceptors (Lipinski definition) is 5. The summed E-state index contributed by atoms with van der Waals surface area (Å²) >= 11 is 5.82. The lowest BCUT2D eigenvalue weighted by molar-refractivity contribution is -0.135. The first-order valence-corrected chi connectivity index (χ1v) is 12.1. The van der Waals surface area contributed by atoms with Crippen molar-refractivity contribution in [3.63, 3.8) is 0 Å². The molecule has 0 bridgehead atoms. The van der Waals surface area contributed by atoms with Crippen LogP contribution in [0.15, 0.2) is 29.2 Å². The first-order chi connectivity index (χ1) is 14.3. The Kier molecular flexibility index (Phi) is 7.73. The van der Waals surface area contributed by atoms with Crippen molar-refractivity contribution in [3.05, 3.63) is 29.3 Å². The Morgan fingerprint density at radius 1 is 0.900 bits per heavy atom. The van der Waals surface area contributed by atoms with Crippen LogP contribution in [-0.2, 0) is 19.6 Å². The number of likely N-dealkylation sites (tertiary alicyclic amines) is 1. The summed E-state index contributed by atoms with van der Waals surface area (Å²) in [7, 11) is -2.36. The molecule has 1 aromatic rings. The summed E-state index contributed by atoms with van der Waals surface area (Å²) in [6, 6.07) is 5.87. The third kappa shape index (κ3) is 5.72. The van der Waals surface area contributed by atoms with Crippen LogP contribution in [0.3, 0.4) is 0 Å². The average Bonchev–Trinajstić information content (AvgIpc) is 2.75. The van der Waals surface area contributed by atoms with E-state index in [9.17, 15) is 18.0 Å². The number of amides is 2. The van der Waals surface area contributed by atoms with E-state index in [4.69, 9.17) is 11.6 Å². The van der Waals surface area contributed by atoms with Gasteiger partial charge in [-0.25, -0.2) is 8.42 Å². The Hall–Kier alpha value is -1.68. The molecule has 0 aliphatic carbocycles. The number of piperazine rings is 1. The second kappa shape index (κ2) is 10.1. The van der Waals surface area contributed by atoms with Crippen molar-refractivity contribution in [3.8, 4) is 0 Å². The van der Waals surface area contributed by atoms with E-state index in [-0.39, 0.29) is 23.3 Å². The van der Waals surface area contributed by atoms with Gasteiger partial charge in [0.15, 0.2) is 0 Å². The van der Waals surface area contributed by atoms with Gasteiger partial charge >= 0.3 is 0 Å². The fourth-order valence-electron chi connectivity index (χ4n) is 3.75. The van der Waals surface area contributed by atoms with Gasteiger partial charge in [0.25, 0.3) is 0 Å². The lowest BCUT2D eigenvalue weighted by Gasteiger charge is -2.36. The van der Waals surface area contributed by atoms with E-state index in [0.717, 1.165) is 30.2 Å². The van der Waals surface area contributed by atoms with Gasteiger partial charge in [-0.2, -0.15) is 4.31 Å². The minimum absolute atomic E-state index is 0.100. The van der Waals surface area contributed by atoms with Gasteiger partial charge < -0.3 is 9.80 Å². The van der Waals surface area contributed by atoms with Gasteiger partial charge in [-0.3, -0.25) is 14.5 Å². The number of hydrogen-bond donors (Lipinski definition) is 0. The Bertz CT molecular complexity index is 848. The van der Waals surface area contributed by atoms with Crippen LogP contribution in [0.4, 0.5) is 0 Å². The van der Waals surface area contributed by atoms with Crippen molar-refractivity contribution in [2.24, 2.45) is 0 Å². The van der Waals surface area contributed by atoms with Gasteiger partial charge in [0.1, 0.15) is 0 Å². The maximum atomic E-state index is 12.6. The monoisotopic (exact) mass is 456 g/mol. The lowest BCUT2D eigenvalue weighted by Crippen LogP contribution is -2.53. The Labute approximate surface area is 183 Å². The molecule has 2 aliphatic rings. The standard InChI is InChI=1S/C20H29ClN4O4S/c1-22(30(28,29)18-7-5-17(21)6-8-18)15-19(26)25-13-11-23(12-14-25)16-20(27)24-9-3-2-4-10-24/h5-8H,2-4,9-16H2,1H3. The van der Waals surface area contributed by atoms with E-state index in [1.807, 2.05) is 4.90 Å². The summed E-state index contributed by atoms with van der Waals surface area (Å²) in [6.07, 6.45) is 3.33. The Balaban J connectivity index is 1.47. The van der Waals surface area contributed by atoms with E-state index in [1.165, 1.54) is 37.7 Å². The van der Waals surface area contributed by atoms with E-state index < -0.39 is 10.0 Å². The van der Waals surface area contributed by atoms with Gasteiger partial charge in [-0.15, -0.1) is 0 Å². The van der Waals surface area contributed by atoms with E-state index >= 15 is 0 Å². The van der Waals surface area contributed by atoms with Gasteiger partial charge in [0.05, 0.1) is 18.0 Å². The first kappa shape index (κ1) is 23.0. The maximum absolute atomic E-state index is 12.6. The second-order valence-electron chi connectivity index (χ2n) is 7.81. The summed E-state index contributed by atoms with van der Waals surface area (Å²) < 4.78 is 26.4. The first-order valence-electron chi connectivity index (χ1n) is 10.3. The van der Waals surface area contributed by atoms with Crippen molar-refractivity contribution in [2.75, 3.05) is 59.4 Å². The molecule has 30 heavy (non-hydrogen) atoms. The maximum Gasteiger partial charge on any atom is 0.243 e. The highest BCUT2D eigenvalue weighted by atomic mass is 35.5. The van der Waals surface area contributed by atoms with E-state index in [1.54, 1.807) is 4.90 Å². The SMILES string of the molecule is CN(CC(=O)N1CCN(CC(=O)N2CCCCC2)CC1)S(=O)(=O)c1ccc(Cl)cc1. The number of carbonyl (C=O) groups is 2. The molecule has 0 N–H and O–H groups in total. The average molecular weight is 457 g/mol. The molecule has 2 amide bonds. The van der Waals surface area contributed by atoms with Crippen LogP contribution < -0.4 is 0 Å². The molecule has 10 heteroatoms. The van der Waals surface area contributed by atoms with Crippen LogP contribution in [0.5, 0.6) is 0 Å². The highest BCUT2D eigenvalue weighted by Crippen LogP contribution is 2.18. The zero-order valence-corrected chi connectivity index (χ0v) is 18.9. The van der Waals surface area contributed by atoms with Gasteiger partial charge in [-0.1, -0.05) is 11.6 Å². The van der Waals surface area contributed by atoms with Gasteiger partial charge in [0, 0.05) is 51.3 Å². The third-order valence-corrected chi connectivity index (χ3v) is 7.74. The summed E-state index contributed by atoms with van der Waals surface area (Å²) in [5, 5.41) is 0.448. The molecule has 2 saturated heterocycles. The topological polar surface area (TPSA) is 81.2 Å². The molecule has 0 saturated carbocycles. The molecule has 0 spiro atoms. The zero-order chi connectivity index (χ0) is 21.7. The largest absolute Gasteiger partial charge is 0.342 e. The molecule has 0 aromatic heterocycles. The molecule has 1 aromatic carbocycles. The normalized spacial score (nSPS) is 18.6. The van der Waals surface area contributed by atoms with Crippen LogP contribution in [0, 0.1) is 0 Å². The number of halogens is 1. The fraction of sp³-hybridized carbons (Fsp3) is 0.600. The minimum atomic E-state index is -3.76. The summed E-state index contributed by atoms with van der Waals surface area (Å²) in [6.45, 7) is 4.03. The zero-order valence-electron chi connectivity index (χ0n) is 17.3. The molecule has 0 radical (unpaired) electrons. The Morgan fingerprint density at radius 2 is 1.47 bits per heavy atom. The number of sulfonamides is 1. The lowest BCUT2D eigenvalue weighted by atomic mass is 10.1. The van der Waals surface area contributed by atoms with E-state index in [2.05, 4.69) is 4.90 Å². The molecular weight excluding hydrogens is 428 g/mol. The number of benzene rings is 1. The van der Waals surface area contributed by atoms with Gasteiger partial charge in [0.2, 0.25) is 21.8 Å². The van der Waals surface area contributed by atoms with Crippen molar-refractivity contribution in [2.45, 2.75) is 24.2 Å². The fourth-order valence-corrected chi connectivity index (χ4v) is 5.00. The van der Waals surface area contributed by atoms with Crippen LogP contribution in [0.25, 0.3) is 0 Å². The highest BCUT2D eigenvalue weighted by molar-refractivity contribution is 7.89. The second-order valence-corrected chi connectivity index (χ2v) is 10.3. The molecule has 8 nitrogen and oxygen atoms in total. The van der Waals surface area contributed by atoms with Crippen LogP contribution >= 0.6 is 11.6 Å². The highest BCUT2D eigenvalue weighted by Gasteiger charge is 2.28. The summed E-state index contributed by atoms with van der Waals surface area (Å²) in [5.41, 5.74) is 0. The predicted molar refractivity (Wildman–Crippen MR) is 115 cm³/mol. The molecule has 3 rings (SSSR count). The van der Waals surface area contributed by atoms with Gasteiger partial charge in [-0.05, 0) is 43.5 Å². The van der Waals surface area contributed by atoms with Crippen molar-refractivity contribution >= 4 is 33.4 Å².